The van der Waals surface area contributed by atoms with Crippen LogP contribution in [0, 0.1) is 0 Å². The second-order valence-corrected chi connectivity index (χ2v) is 4.01. The molecule has 0 fully saturated rings. The molecule has 1 N–H and O–H groups in total. The first kappa shape index (κ1) is 13.8. The van der Waals surface area contributed by atoms with Crippen LogP contribution in [0.1, 0.15) is 12.0 Å². The van der Waals surface area contributed by atoms with Gasteiger partial charge in [-0.15, -0.1) is 0 Å². The summed E-state index contributed by atoms with van der Waals surface area (Å²) in [4.78, 5) is 5.86. The van der Waals surface area contributed by atoms with Gasteiger partial charge in [0.05, 0.1) is 5.56 Å². The predicted molar refractivity (Wildman–Crippen MR) is 60.9 cm³/mol. The Bertz CT molecular complexity index is 350. The van der Waals surface area contributed by atoms with E-state index in [4.69, 9.17) is 0 Å². The number of hydrogen-bond donors (Lipinski definition) is 1. The topological polar surface area (TPSA) is 28.2 Å². The number of alkyl halides is 3. The number of nitrogens with one attached hydrogen (secondary N) is 1. The Morgan fingerprint density at radius 3 is 2.65 bits per heavy atom. The van der Waals surface area contributed by atoms with Gasteiger partial charge < -0.3 is 10.2 Å². The van der Waals surface area contributed by atoms with Gasteiger partial charge in [-0.2, -0.15) is 13.2 Å². The minimum Gasteiger partial charge on any atom is -0.370 e. The molecule has 0 atom stereocenters. The summed E-state index contributed by atoms with van der Waals surface area (Å²) in [7, 11) is 3.89. The molecule has 0 aliphatic rings. The molecule has 0 aliphatic heterocycles. The van der Waals surface area contributed by atoms with Crippen molar-refractivity contribution in [3.8, 4) is 0 Å². The third-order valence-corrected chi connectivity index (χ3v) is 2.18. The molecule has 96 valence electrons. The van der Waals surface area contributed by atoms with Gasteiger partial charge in [-0.1, -0.05) is 0 Å². The van der Waals surface area contributed by atoms with Crippen molar-refractivity contribution in [3.05, 3.63) is 23.9 Å². The van der Waals surface area contributed by atoms with E-state index in [1.165, 1.54) is 0 Å². The van der Waals surface area contributed by atoms with Gasteiger partial charge in [0.25, 0.3) is 0 Å². The number of aromatic nitrogens is 1. The Kier molecular flexibility index (Phi) is 4.74. The van der Waals surface area contributed by atoms with Crippen molar-refractivity contribution in [2.24, 2.45) is 0 Å². The number of halogens is 3. The molecule has 17 heavy (non-hydrogen) atoms. The maximum Gasteiger partial charge on any atom is 0.416 e. The molecule has 0 amide bonds. The Morgan fingerprint density at radius 1 is 1.35 bits per heavy atom. The van der Waals surface area contributed by atoms with Crippen LogP contribution >= 0.6 is 0 Å². The van der Waals surface area contributed by atoms with Gasteiger partial charge in [0, 0.05) is 12.7 Å². The van der Waals surface area contributed by atoms with Gasteiger partial charge in [-0.3, -0.25) is 0 Å². The summed E-state index contributed by atoms with van der Waals surface area (Å²) in [5, 5.41) is 2.87. The smallest absolute Gasteiger partial charge is 0.370 e. The molecule has 0 saturated carbocycles. The molecule has 0 aliphatic carbocycles. The second kappa shape index (κ2) is 5.86. The van der Waals surface area contributed by atoms with Gasteiger partial charge in [0.15, 0.2) is 0 Å². The lowest BCUT2D eigenvalue weighted by Gasteiger charge is -2.11. The van der Waals surface area contributed by atoms with E-state index < -0.39 is 11.7 Å². The Morgan fingerprint density at radius 2 is 2.06 bits per heavy atom. The number of rotatable bonds is 5. The quantitative estimate of drug-likeness (QED) is 0.810. The highest BCUT2D eigenvalue weighted by molar-refractivity contribution is 5.38. The molecule has 0 radical (unpaired) electrons. The molecule has 0 saturated heterocycles. The van der Waals surface area contributed by atoms with E-state index in [1.54, 1.807) is 0 Å². The van der Waals surface area contributed by atoms with Crippen LogP contribution in [-0.4, -0.2) is 37.1 Å². The monoisotopic (exact) mass is 247 g/mol. The number of anilines is 1. The van der Waals surface area contributed by atoms with E-state index in [9.17, 15) is 13.2 Å². The summed E-state index contributed by atoms with van der Waals surface area (Å²) in [6, 6.07) is 1.99. The first-order valence-corrected chi connectivity index (χ1v) is 5.31. The minimum absolute atomic E-state index is 0.263. The molecule has 1 aromatic heterocycles. The first-order chi connectivity index (χ1) is 7.89. The maximum atomic E-state index is 12.4. The Hall–Kier alpha value is -1.30. The first-order valence-electron chi connectivity index (χ1n) is 5.31. The van der Waals surface area contributed by atoms with Crippen LogP contribution in [0.15, 0.2) is 18.3 Å². The maximum absolute atomic E-state index is 12.4. The van der Waals surface area contributed by atoms with Crippen molar-refractivity contribution in [3.63, 3.8) is 0 Å². The van der Waals surface area contributed by atoms with Gasteiger partial charge in [-0.05, 0) is 39.2 Å². The molecule has 0 bridgehead atoms. The van der Waals surface area contributed by atoms with Crippen LogP contribution in [0.25, 0.3) is 0 Å². The van der Waals surface area contributed by atoms with Crippen LogP contribution in [0.2, 0.25) is 0 Å². The van der Waals surface area contributed by atoms with E-state index >= 15 is 0 Å². The highest BCUT2D eigenvalue weighted by Gasteiger charge is 2.30. The lowest BCUT2D eigenvalue weighted by Crippen LogP contribution is -2.16. The normalized spacial score (nSPS) is 11.9. The van der Waals surface area contributed by atoms with Crippen molar-refractivity contribution >= 4 is 5.82 Å². The standard InChI is InChI=1S/C11H16F3N3/c1-17(2)7-3-5-15-10-8-9(4-6-16-10)11(12,13)14/h4,6,8H,3,5,7H2,1-2H3,(H,15,16). The fourth-order valence-electron chi connectivity index (χ4n) is 1.32. The van der Waals surface area contributed by atoms with Crippen LogP contribution in [0.3, 0.4) is 0 Å². The zero-order valence-corrected chi connectivity index (χ0v) is 9.88. The van der Waals surface area contributed by atoms with Gasteiger partial charge in [0.2, 0.25) is 0 Å². The Balaban J connectivity index is 2.49. The number of hydrogen-bond acceptors (Lipinski definition) is 3. The summed E-state index contributed by atoms with van der Waals surface area (Å²) in [5.41, 5.74) is -0.678. The average molecular weight is 247 g/mol. The summed E-state index contributed by atoms with van der Waals surface area (Å²) in [6.45, 7) is 1.48. The summed E-state index contributed by atoms with van der Waals surface area (Å²) >= 11 is 0. The predicted octanol–water partition coefficient (Wildman–Crippen LogP) is 2.46. The lowest BCUT2D eigenvalue weighted by molar-refractivity contribution is -0.137. The summed E-state index contributed by atoms with van der Waals surface area (Å²) in [5.74, 6) is 0.263. The summed E-state index contributed by atoms with van der Waals surface area (Å²) < 4.78 is 37.2. The molecule has 6 heteroatoms. The van der Waals surface area contributed by atoms with Crippen molar-refractivity contribution < 1.29 is 13.2 Å². The molecule has 1 aromatic rings. The van der Waals surface area contributed by atoms with E-state index in [1.807, 2.05) is 19.0 Å². The fraction of sp³-hybridized carbons (Fsp3) is 0.545. The zero-order chi connectivity index (χ0) is 12.9. The zero-order valence-electron chi connectivity index (χ0n) is 9.88. The molecular weight excluding hydrogens is 231 g/mol. The highest BCUT2D eigenvalue weighted by Crippen LogP contribution is 2.29. The molecule has 0 spiro atoms. The fourth-order valence-corrected chi connectivity index (χ4v) is 1.32. The van der Waals surface area contributed by atoms with Crippen molar-refractivity contribution in [1.82, 2.24) is 9.88 Å². The SMILES string of the molecule is CN(C)CCCNc1cc(C(F)(F)F)ccn1. The van der Waals surface area contributed by atoms with Crippen LogP contribution < -0.4 is 5.32 Å². The third-order valence-electron chi connectivity index (χ3n) is 2.18. The molecule has 0 aromatic carbocycles. The van der Waals surface area contributed by atoms with Gasteiger partial charge in [-0.25, -0.2) is 4.98 Å². The van der Waals surface area contributed by atoms with E-state index in [0.717, 1.165) is 31.3 Å². The highest BCUT2D eigenvalue weighted by atomic mass is 19.4. The van der Waals surface area contributed by atoms with E-state index in [2.05, 4.69) is 10.3 Å². The second-order valence-electron chi connectivity index (χ2n) is 4.01. The number of nitrogens with zero attached hydrogens (tertiary/aromatic N) is 2. The molecule has 1 rings (SSSR count). The molecular formula is C11H16F3N3. The lowest BCUT2D eigenvalue weighted by atomic mass is 10.2. The van der Waals surface area contributed by atoms with Crippen LogP contribution in [0.5, 0.6) is 0 Å². The van der Waals surface area contributed by atoms with E-state index in [-0.39, 0.29) is 5.82 Å². The van der Waals surface area contributed by atoms with Gasteiger partial charge >= 0.3 is 6.18 Å². The molecule has 3 nitrogen and oxygen atoms in total. The average Bonchev–Trinajstić information content (AvgIpc) is 2.23. The van der Waals surface area contributed by atoms with Crippen LogP contribution in [0.4, 0.5) is 19.0 Å². The van der Waals surface area contributed by atoms with Crippen LogP contribution in [-0.2, 0) is 6.18 Å². The third kappa shape index (κ3) is 5.04. The molecule has 0 unspecified atom stereocenters. The molecule has 1 heterocycles. The van der Waals surface area contributed by atoms with Crippen molar-refractivity contribution in [2.75, 3.05) is 32.5 Å². The Labute approximate surface area is 98.6 Å². The number of pyridine rings is 1. The largest absolute Gasteiger partial charge is 0.416 e. The van der Waals surface area contributed by atoms with Crippen molar-refractivity contribution in [1.29, 1.82) is 0 Å². The van der Waals surface area contributed by atoms with Crippen molar-refractivity contribution in [2.45, 2.75) is 12.6 Å². The van der Waals surface area contributed by atoms with Gasteiger partial charge in [0.1, 0.15) is 5.82 Å². The van der Waals surface area contributed by atoms with E-state index in [0.29, 0.717) is 6.54 Å². The minimum atomic E-state index is -4.32. The summed E-state index contributed by atoms with van der Waals surface area (Å²) in [6.07, 6.45) is -2.30.